The van der Waals surface area contributed by atoms with E-state index in [-0.39, 0.29) is 27.0 Å². The highest BCUT2D eigenvalue weighted by molar-refractivity contribution is 6.31. The Balaban J connectivity index is 0.000000431. The van der Waals surface area contributed by atoms with Crippen molar-refractivity contribution < 1.29 is 17.9 Å². The molecule has 0 saturated carbocycles. The van der Waals surface area contributed by atoms with Gasteiger partial charge in [0, 0.05) is 29.6 Å². The molecular weight excluding hydrogens is 388 g/mol. The maximum atomic E-state index is 13.8. The van der Waals surface area contributed by atoms with E-state index in [1.165, 1.54) is 30.5 Å². The smallest absolute Gasteiger partial charge is 0.382 e. The molecule has 1 aromatic heterocycles. The van der Waals surface area contributed by atoms with Crippen molar-refractivity contribution in [2.75, 3.05) is 12.4 Å². The van der Waals surface area contributed by atoms with E-state index in [1.54, 1.807) is 7.11 Å². The standard InChI is InChI=1S/C14H9Cl2F3N2.C4H10O/c1-13(14(17,18)19)9-4-7(15)2-3-11(9)21-12-10(13)5-8(16)6-20-12;1-4(2)5-3/h2-6H,1H3,(H,20,21);4H,1-3H3. The highest BCUT2D eigenvalue weighted by Gasteiger charge is 2.57. The number of rotatable bonds is 1. The zero-order valence-corrected chi connectivity index (χ0v) is 16.2. The summed E-state index contributed by atoms with van der Waals surface area (Å²) in [4.78, 5) is 3.97. The van der Waals surface area contributed by atoms with Crippen LogP contribution in [0.3, 0.4) is 0 Å². The van der Waals surface area contributed by atoms with Crippen molar-refractivity contribution in [1.29, 1.82) is 0 Å². The second-order valence-electron chi connectivity index (χ2n) is 6.27. The molecule has 26 heavy (non-hydrogen) atoms. The Morgan fingerprint density at radius 1 is 1.12 bits per heavy atom. The Kier molecular flexibility index (Phi) is 6.10. The van der Waals surface area contributed by atoms with Crippen LogP contribution >= 0.6 is 23.2 Å². The number of nitrogens with one attached hydrogen (secondary N) is 1. The first-order valence-corrected chi connectivity index (χ1v) is 8.59. The van der Waals surface area contributed by atoms with E-state index < -0.39 is 11.6 Å². The molecule has 142 valence electrons. The van der Waals surface area contributed by atoms with E-state index in [9.17, 15) is 13.2 Å². The van der Waals surface area contributed by atoms with Crippen LogP contribution in [-0.2, 0) is 10.2 Å². The van der Waals surface area contributed by atoms with Gasteiger partial charge in [0.1, 0.15) is 11.2 Å². The first-order valence-electron chi connectivity index (χ1n) is 7.83. The number of hydrogen-bond donors (Lipinski definition) is 1. The van der Waals surface area contributed by atoms with Crippen molar-refractivity contribution in [3.63, 3.8) is 0 Å². The first kappa shape index (κ1) is 20.8. The molecule has 0 spiro atoms. The minimum Gasteiger partial charge on any atom is -0.382 e. The van der Waals surface area contributed by atoms with Crippen LogP contribution in [0, 0.1) is 0 Å². The number of halogens is 5. The van der Waals surface area contributed by atoms with Gasteiger partial charge >= 0.3 is 6.18 Å². The average molecular weight is 407 g/mol. The van der Waals surface area contributed by atoms with Gasteiger partial charge in [-0.3, -0.25) is 0 Å². The van der Waals surface area contributed by atoms with Gasteiger partial charge in [-0.05, 0) is 50.6 Å². The Hall–Kier alpha value is -1.50. The van der Waals surface area contributed by atoms with Crippen LogP contribution < -0.4 is 5.32 Å². The number of nitrogens with zero attached hydrogens (tertiary/aromatic N) is 1. The van der Waals surface area contributed by atoms with Crippen molar-refractivity contribution in [2.24, 2.45) is 0 Å². The van der Waals surface area contributed by atoms with E-state index in [0.29, 0.717) is 11.8 Å². The van der Waals surface area contributed by atoms with Crippen LogP contribution in [0.15, 0.2) is 30.5 Å². The van der Waals surface area contributed by atoms with E-state index in [2.05, 4.69) is 10.3 Å². The number of methoxy groups -OCH3 is 1. The van der Waals surface area contributed by atoms with Crippen molar-refractivity contribution >= 4 is 34.7 Å². The summed E-state index contributed by atoms with van der Waals surface area (Å²) in [6, 6.07) is 5.65. The molecule has 1 unspecified atom stereocenters. The van der Waals surface area contributed by atoms with Gasteiger partial charge in [-0.15, -0.1) is 0 Å². The summed E-state index contributed by atoms with van der Waals surface area (Å²) in [7, 11) is 1.70. The summed E-state index contributed by atoms with van der Waals surface area (Å²) in [6.45, 7) is 5.11. The van der Waals surface area contributed by atoms with Gasteiger partial charge in [-0.25, -0.2) is 4.98 Å². The van der Waals surface area contributed by atoms with Crippen molar-refractivity contribution in [1.82, 2.24) is 4.98 Å². The number of aromatic nitrogens is 1. The minimum atomic E-state index is -4.52. The predicted octanol–water partition coefficient (Wildman–Crippen LogP) is 6.35. The van der Waals surface area contributed by atoms with Gasteiger partial charge in [-0.1, -0.05) is 23.2 Å². The van der Waals surface area contributed by atoms with E-state index in [0.717, 1.165) is 6.92 Å². The summed E-state index contributed by atoms with van der Waals surface area (Å²) in [5.41, 5.74) is -1.86. The van der Waals surface area contributed by atoms with Gasteiger partial charge < -0.3 is 10.1 Å². The minimum absolute atomic E-state index is 0.0164. The van der Waals surface area contributed by atoms with Crippen LogP contribution in [-0.4, -0.2) is 24.4 Å². The van der Waals surface area contributed by atoms with Gasteiger partial charge in [0.25, 0.3) is 0 Å². The number of fused-ring (bicyclic) bond motifs is 2. The van der Waals surface area contributed by atoms with Gasteiger partial charge in [0.2, 0.25) is 0 Å². The molecule has 1 atom stereocenters. The summed E-state index contributed by atoms with van der Waals surface area (Å²) >= 11 is 11.7. The molecule has 2 aromatic rings. The molecule has 0 aliphatic carbocycles. The van der Waals surface area contributed by atoms with Gasteiger partial charge in [0.05, 0.1) is 11.1 Å². The monoisotopic (exact) mass is 406 g/mol. The van der Waals surface area contributed by atoms with Crippen LogP contribution in [0.4, 0.5) is 24.7 Å². The fourth-order valence-corrected chi connectivity index (χ4v) is 2.87. The second kappa shape index (κ2) is 7.62. The quantitative estimate of drug-likeness (QED) is 0.598. The molecule has 0 fully saturated rings. The van der Waals surface area contributed by atoms with Crippen molar-refractivity contribution in [3.8, 4) is 0 Å². The molecule has 3 nitrogen and oxygen atoms in total. The summed E-state index contributed by atoms with van der Waals surface area (Å²) in [5, 5.41) is 3.28. The Bertz CT molecular complexity index is 743. The largest absolute Gasteiger partial charge is 0.402 e. The molecule has 1 aliphatic heterocycles. The molecule has 0 radical (unpaired) electrons. The SMILES string of the molecule is CC1(C(F)(F)F)c2cc(Cl)ccc2Nc2ncc(Cl)cc21.COC(C)C. The molecule has 2 heterocycles. The number of hydrogen-bond acceptors (Lipinski definition) is 3. The molecule has 3 rings (SSSR count). The number of alkyl halides is 3. The maximum absolute atomic E-state index is 13.8. The van der Waals surface area contributed by atoms with Crippen LogP contribution in [0.25, 0.3) is 0 Å². The highest BCUT2D eigenvalue weighted by Crippen LogP contribution is 2.54. The summed E-state index contributed by atoms with van der Waals surface area (Å²) in [5.74, 6) is 0.147. The fraction of sp³-hybridized carbons (Fsp3) is 0.389. The van der Waals surface area contributed by atoms with Crippen LogP contribution in [0.5, 0.6) is 0 Å². The zero-order chi connectivity index (χ0) is 19.7. The van der Waals surface area contributed by atoms with Crippen molar-refractivity contribution in [3.05, 3.63) is 51.6 Å². The van der Waals surface area contributed by atoms with Crippen LogP contribution in [0.1, 0.15) is 31.9 Å². The predicted molar refractivity (Wildman–Crippen MR) is 98.6 cm³/mol. The third-order valence-electron chi connectivity index (χ3n) is 4.20. The molecule has 1 aliphatic rings. The lowest BCUT2D eigenvalue weighted by molar-refractivity contribution is -0.173. The molecule has 0 amide bonds. The Morgan fingerprint density at radius 3 is 2.23 bits per heavy atom. The van der Waals surface area contributed by atoms with Crippen molar-refractivity contribution in [2.45, 2.75) is 38.5 Å². The normalized spacial score (nSPS) is 18.4. The maximum Gasteiger partial charge on any atom is 0.402 e. The molecule has 1 N–H and O–H groups in total. The Labute approximate surface area is 160 Å². The van der Waals surface area contributed by atoms with Crippen LogP contribution in [0.2, 0.25) is 10.0 Å². The first-order chi connectivity index (χ1) is 12.0. The number of anilines is 2. The molecule has 0 saturated heterocycles. The number of pyridine rings is 1. The second-order valence-corrected chi connectivity index (χ2v) is 7.14. The summed E-state index contributed by atoms with van der Waals surface area (Å²) in [6.07, 6.45) is -2.82. The lowest BCUT2D eigenvalue weighted by atomic mass is 9.73. The lowest BCUT2D eigenvalue weighted by Crippen LogP contribution is -2.43. The molecule has 1 aromatic carbocycles. The number of benzene rings is 1. The molecule has 8 heteroatoms. The zero-order valence-electron chi connectivity index (χ0n) is 14.7. The third kappa shape index (κ3) is 3.92. The lowest BCUT2D eigenvalue weighted by Gasteiger charge is -2.39. The van der Waals surface area contributed by atoms with E-state index in [1.807, 2.05) is 13.8 Å². The average Bonchev–Trinajstić information content (AvgIpc) is 2.56. The highest BCUT2D eigenvalue weighted by atomic mass is 35.5. The fourth-order valence-electron chi connectivity index (χ4n) is 2.54. The topological polar surface area (TPSA) is 34.2 Å². The van der Waals surface area contributed by atoms with E-state index in [4.69, 9.17) is 27.9 Å². The van der Waals surface area contributed by atoms with Gasteiger partial charge in [-0.2, -0.15) is 13.2 Å². The molecule has 0 bridgehead atoms. The third-order valence-corrected chi connectivity index (χ3v) is 4.65. The molecular formula is C18H19Cl2F3N2O. The summed E-state index contributed by atoms with van der Waals surface area (Å²) < 4.78 is 46.2. The number of ether oxygens (including phenoxy) is 1. The van der Waals surface area contributed by atoms with Gasteiger partial charge in [0.15, 0.2) is 0 Å². The van der Waals surface area contributed by atoms with E-state index >= 15 is 0 Å². The Morgan fingerprint density at radius 2 is 1.69 bits per heavy atom.